The van der Waals surface area contributed by atoms with E-state index in [0.717, 1.165) is 63.2 Å². The van der Waals surface area contributed by atoms with Crippen molar-refractivity contribution in [3.63, 3.8) is 0 Å². The number of carbonyl (C=O) groups is 2. The molecule has 4 aliphatic carbocycles. The second-order valence-corrected chi connectivity index (χ2v) is 8.30. The third-order valence-electron chi connectivity index (χ3n) is 6.64. The molecule has 4 fully saturated rings. The molecule has 0 amide bonds. The highest BCUT2D eigenvalue weighted by Crippen LogP contribution is 2.51. The Bertz CT molecular complexity index is 534. The molecule has 4 bridgehead atoms. The summed E-state index contributed by atoms with van der Waals surface area (Å²) in [6.45, 7) is 3.77. The van der Waals surface area contributed by atoms with Crippen molar-refractivity contribution in [2.24, 2.45) is 11.8 Å². The molecular formula is C19H26O4. The lowest BCUT2D eigenvalue weighted by molar-refractivity contribution is -0.161. The van der Waals surface area contributed by atoms with Gasteiger partial charge in [0.15, 0.2) is 0 Å². The molecule has 23 heavy (non-hydrogen) atoms. The van der Waals surface area contributed by atoms with Gasteiger partial charge in [-0.2, -0.15) is 0 Å². The van der Waals surface area contributed by atoms with Gasteiger partial charge in [-0.05, 0) is 76.0 Å². The molecule has 0 aromatic carbocycles. The fraction of sp³-hybridized carbons (Fsp3) is 0.789. The predicted molar refractivity (Wildman–Crippen MR) is 84.6 cm³/mol. The maximum Gasteiger partial charge on any atom is 0.334 e. The van der Waals surface area contributed by atoms with E-state index in [4.69, 9.17) is 9.47 Å². The van der Waals surface area contributed by atoms with Gasteiger partial charge in [0.05, 0.1) is 6.42 Å². The lowest BCUT2D eigenvalue weighted by Crippen LogP contribution is -2.32. The quantitative estimate of drug-likeness (QED) is 0.573. The van der Waals surface area contributed by atoms with E-state index in [1.165, 1.54) is 12.8 Å². The Labute approximate surface area is 137 Å². The molecule has 4 heteroatoms. The maximum absolute atomic E-state index is 12.3. The van der Waals surface area contributed by atoms with E-state index in [-0.39, 0.29) is 29.2 Å². The lowest BCUT2D eigenvalue weighted by atomic mass is 9.97. The van der Waals surface area contributed by atoms with Crippen LogP contribution in [0.2, 0.25) is 0 Å². The Hall–Kier alpha value is -1.32. The average molecular weight is 318 g/mol. The molecule has 0 radical (unpaired) electrons. The van der Waals surface area contributed by atoms with Crippen LogP contribution in [0.1, 0.15) is 70.6 Å². The predicted octanol–water partition coefficient (Wildman–Crippen LogP) is 3.68. The number of fused-ring (bicyclic) bond motifs is 4. The summed E-state index contributed by atoms with van der Waals surface area (Å²) in [5.74, 6) is 0.728. The van der Waals surface area contributed by atoms with Gasteiger partial charge in [0.25, 0.3) is 0 Å². The fourth-order valence-electron chi connectivity index (χ4n) is 5.36. The molecule has 0 aliphatic heterocycles. The molecule has 0 N–H and O–H groups in total. The molecule has 0 aromatic heterocycles. The van der Waals surface area contributed by atoms with Crippen LogP contribution in [0.25, 0.3) is 0 Å². The van der Waals surface area contributed by atoms with E-state index in [1.807, 2.05) is 0 Å². The van der Waals surface area contributed by atoms with Gasteiger partial charge in [-0.25, -0.2) is 4.79 Å². The molecule has 0 unspecified atom stereocenters. The summed E-state index contributed by atoms with van der Waals surface area (Å²) in [5, 5.41) is 0. The molecule has 4 rings (SSSR count). The molecule has 0 aromatic rings. The van der Waals surface area contributed by atoms with Crippen LogP contribution in [0.5, 0.6) is 0 Å². The molecule has 4 saturated carbocycles. The zero-order valence-electron chi connectivity index (χ0n) is 13.8. The van der Waals surface area contributed by atoms with Crippen LogP contribution in [0.15, 0.2) is 12.2 Å². The van der Waals surface area contributed by atoms with Gasteiger partial charge in [0, 0.05) is 5.57 Å². The van der Waals surface area contributed by atoms with Crippen molar-refractivity contribution in [2.75, 3.05) is 0 Å². The highest BCUT2D eigenvalue weighted by molar-refractivity contribution is 5.93. The largest absolute Gasteiger partial charge is 0.459 e. The van der Waals surface area contributed by atoms with Crippen molar-refractivity contribution in [2.45, 2.75) is 81.8 Å². The lowest BCUT2D eigenvalue weighted by Gasteiger charge is -2.28. The van der Waals surface area contributed by atoms with E-state index >= 15 is 0 Å². The second-order valence-electron chi connectivity index (χ2n) is 8.30. The van der Waals surface area contributed by atoms with Crippen LogP contribution in [0.4, 0.5) is 0 Å². The van der Waals surface area contributed by atoms with Crippen molar-refractivity contribution < 1.29 is 19.1 Å². The number of hydrogen-bond acceptors (Lipinski definition) is 4. The van der Waals surface area contributed by atoms with Crippen LogP contribution in [-0.4, -0.2) is 23.1 Å². The van der Waals surface area contributed by atoms with E-state index in [0.29, 0.717) is 0 Å². The van der Waals surface area contributed by atoms with E-state index < -0.39 is 5.97 Å². The monoisotopic (exact) mass is 318 g/mol. The first-order chi connectivity index (χ1) is 11.0. The SMILES string of the molecule is C=C(CC(=O)OC12CCC(CC1)C2)C(=O)OC12CCC(CC1)C2. The molecular weight excluding hydrogens is 292 g/mol. The number of esters is 2. The molecule has 0 heterocycles. The van der Waals surface area contributed by atoms with Gasteiger partial charge in [-0.1, -0.05) is 6.58 Å². The molecule has 0 atom stereocenters. The minimum absolute atomic E-state index is 0.0369. The normalized spacial score (nSPS) is 40.3. The van der Waals surface area contributed by atoms with Crippen molar-refractivity contribution in [3.05, 3.63) is 12.2 Å². The fourth-order valence-corrected chi connectivity index (χ4v) is 5.36. The van der Waals surface area contributed by atoms with Gasteiger partial charge in [0.2, 0.25) is 0 Å². The summed E-state index contributed by atoms with van der Waals surface area (Å²) in [4.78, 5) is 24.5. The first-order valence-corrected chi connectivity index (χ1v) is 9.11. The number of carbonyl (C=O) groups excluding carboxylic acids is 2. The summed E-state index contributed by atoms with van der Waals surface area (Å²) in [6, 6.07) is 0. The number of hydrogen-bond donors (Lipinski definition) is 0. The number of ether oxygens (including phenoxy) is 2. The zero-order valence-corrected chi connectivity index (χ0v) is 13.8. The zero-order chi connectivity index (χ0) is 16.1. The Morgan fingerprint density at radius 1 is 0.870 bits per heavy atom. The maximum atomic E-state index is 12.3. The van der Waals surface area contributed by atoms with E-state index in [9.17, 15) is 9.59 Å². The summed E-state index contributed by atoms with van der Waals surface area (Å²) >= 11 is 0. The van der Waals surface area contributed by atoms with Crippen LogP contribution >= 0.6 is 0 Å². The molecule has 126 valence electrons. The first-order valence-electron chi connectivity index (χ1n) is 9.11. The molecule has 0 spiro atoms. The topological polar surface area (TPSA) is 52.6 Å². The molecule has 0 saturated heterocycles. The third kappa shape index (κ3) is 2.81. The summed E-state index contributed by atoms with van der Waals surface area (Å²) in [5.41, 5.74) is -0.268. The van der Waals surface area contributed by atoms with Crippen LogP contribution in [0.3, 0.4) is 0 Å². The average Bonchev–Trinajstić information content (AvgIpc) is 3.26. The Morgan fingerprint density at radius 2 is 1.35 bits per heavy atom. The highest BCUT2D eigenvalue weighted by Gasteiger charge is 2.49. The van der Waals surface area contributed by atoms with E-state index in [1.54, 1.807) is 0 Å². The van der Waals surface area contributed by atoms with Crippen LogP contribution in [0, 0.1) is 11.8 Å². The van der Waals surface area contributed by atoms with Crippen molar-refractivity contribution in [1.29, 1.82) is 0 Å². The number of rotatable bonds is 5. The van der Waals surface area contributed by atoms with Crippen LogP contribution < -0.4 is 0 Å². The Morgan fingerprint density at radius 3 is 1.78 bits per heavy atom. The van der Waals surface area contributed by atoms with Gasteiger partial charge in [-0.15, -0.1) is 0 Å². The second kappa shape index (κ2) is 5.35. The van der Waals surface area contributed by atoms with Gasteiger partial charge < -0.3 is 9.47 Å². The Balaban J connectivity index is 1.29. The van der Waals surface area contributed by atoms with Crippen molar-refractivity contribution in [3.8, 4) is 0 Å². The van der Waals surface area contributed by atoms with Gasteiger partial charge in [-0.3, -0.25) is 4.79 Å². The third-order valence-corrected chi connectivity index (χ3v) is 6.64. The van der Waals surface area contributed by atoms with Crippen molar-refractivity contribution >= 4 is 11.9 Å². The summed E-state index contributed by atoms with van der Waals surface area (Å²) in [6.07, 6.45) is 10.5. The highest BCUT2D eigenvalue weighted by atomic mass is 16.6. The standard InChI is InChI=1S/C19H26O4/c1-13(17(21)23-19-8-4-15(12-19)5-9-19)10-16(20)22-18-6-2-14(11-18)3-7-18/h14-15H,1-12H2. The Kier molecular flexibility index (Phi) is 3.54. The molecule has 4 aliphatic rings. The summed E-state index contributed by atoms with van der Waals surface area (Å²) < 4.78 is 11.5. The smallest absolute Gasteiger partial charge is 0.334 e. The minimum Gasteiger partial charge on any atom is -0.459 e. The van der Waals surface area contributed by atoms with E-state index in [2.05, 4.69) is 6.58 Å². The van der Waals surface area contributed by atoms with Crippen molar-refractivity contribution in [1.82, 2.24) is 0 Å². The summed E-state index contributed by atoms with van der Waals surface area (Å²) in [7, 11) is 0. The van der Waals surface area contributed by atoms with Gasteiger partial charge >= 0.3 is 11.9 Å². The molecule has 4 nitrogen and oxygen atoms in total. The first kappa shape index (κ1) is 15.2. The minimum atomic E-state index is -0.405. The van der Waals surface area contributed by atoms with Gasteiger partial charge in [0.1, 0.15) is 11.2 Å². The van der Waals surface area contributed by atoms with Crippen LogP contribution in [-0.2, 0) is 19.1 Å².